The number of rotatable bonds is 14. The van der Waals surface area contributed by atoms with Crippen LogP contribution in [0.3, 0.4) is 0 Å². The highest BCUT2D eigenvalue weighted by atomic mass is 16.5. The molecule has 1 atom stereocenters. The second-order valence-electron chi connectivity index (χ2n) is 9.83. The molecule has 38 heavy (non-hydrogen) atoms. The molecule has 0 saturated carbocycles. The molecule has 0 aliphatic carbocycles. The number of ether oxygens (including phenoxy) is 2. The Morgan fingerprint density at radius 3 is 2.16 bits per heavy atom. The summed E-state index contributed by atoms with van der Waals surface area (Å²) in [5.41, 5.74) is 1.32. The summed E-state index contributed by atoms with van der Waals surface area (Å²) in [5.74, 6) is -0.0412. The van der Waals surface area contributed by atoms with Crippen molar-refractivity contribution < 1.29 is 24.2 Å². The van der Waals surface area contributed by atoms with Gasteiger partial charge in [-0.25, -0.2) is 0 Å². The van der Waals surface area contributed by atoms with E-state index in [1.165, 1.54) is 0 Å². The molecule has 1 unspecified atom stereocenters. The normalized spacial score (nSPS) is 17.0. The Morgan fingerprint density at radius 1 is 0.947 bits per heavy atom. The second kappa shape index (κ2) is 14.0. The number of amides is 1. The molecule has 1 aliphatic rings. The zero-order chi connectivity index (χ0) is 27.7. The van der Waals surface area contributed by atoms with Gasteiger partial charge in [-0.2, -0.15) is 0 Å². The highest BCUT2D eigenvalue weighted by molar-refractivity contribution is 6.46. The summed E-state index contributed by atoms with van der Waals surface area (Å²) in [7, 11) is 0. The maximum atomic E-state index is 13.3. The number of benzene rings is 2. The molecule has 0 spiro atoms. The average molecular weight is 523 g/mol. The van der Waals surface area contributed by atoms with Crippen LogP contribution < -0.4 is 9.47 Å². The number of aliphatic hydroxyl groups is 1. The molecule has 1 heterocycles. The van der Waals surface area contributed by atoms with Crippen molar-refractivity contribution in [2.45, 2.75) is 66.0 Å². The van der Waals surface area contributed by atoms with Crippen LogP contribution in [0.4, 0.5) is 0 Å². The number of ketones is 1. The Kier molecular flexibility index (Phi) is 10.8. The van der Waals surface area contributed by atoms with Gasteiger partial charge in [0.05, 0.1) is 24.3 Å². The predicted octanol–water partition coefficient (Wildman–Crippen LogP) is 5.81. The lowest BCUT2D eigenvalue weighted by Gasteiger charge is -2.28. The summed E-state index contributed by atoms with van der Waals surface area (Å²) < 4.78 is 11.6. The topological polar surface area (TPSA) is 79.3 Å². The van der Waals surface area contributed by atoms with Crippen molar-refractivity contribution in [3.63, 3.8) is 0 Å². The lowest BCUT2D eigenvalue weighted by molar-refractivity contribution is -0.140. The third-order valence-electron chi connectivity index (χ3n) is 6.80. The van der Waals surface area contributed by atoms with Crippen molar-refractivity contribution in [3.8, 4) is 11.5 Å². The van der Waals surface area contributed by atoms with Crippen LogP contribution in [0.5, 0.6) is 11.5 Å². The van der Waals surface area contributed by atoms with E-state index in [1.54, 1.807) is 29.2 Å². The predicted molar refractivity (Wildman–Crippen MR) is 150 cm³/mol. The molecule has 3 rings (SSSR count). The standard InChI is InChI=1S/C31H42N2O5/c1-6-9-10-21-37-25-15-11-23(12-16-25)28-27(29(34)24-13-17-26(18-14-24)38-22(4)5)30(35)31(36)33(28)20-19-32(7-2)8-3/h11-18,22,28,34H,6-10,19-21H2,1-5H3. The number of likely N-dealkylation sites (tertiary alicyclic amines) is 1. The van der Waals surface area contributed by atoms with E-state index in [2.05, 4.69) is 25.7 Å². The number of unbranched alkanes of at least 4 members (excludes halogenated alkanes) is 2. The first kappa shape index (κ1) is 29.2. The first-order chi connectivity index (χ1) is 18.3. The van der Waals surface area contributed by atoms with E-state index in [0.29, 0.717) is 31.0 Å². The third-order valence-corrected chi connectivity index (χ3v) is 6.80. The Balaban J connectivity index is 1.97. The SMILES string of the molecule is CCCCCOc1ccc(C2C(=C(O)c3ccc(OC(C)C)cc3)C(=O)C(=O)N2CCN(CC)CC)cc1. The molecule has 0 aromatic heterocycles. The molecule has 7 nitrogen and oxygen atoms in total. The smallest absolute Gasteiger partial charge is 0.295 e. The molecule has 206 valence electrons. The number of aliphatic hydroxyl groups excluding tert-OH is 1. The molecule has 1 N–H and O–H groups in total. The van der Waals surface area contributed by atoms with Crippen LogP contribution in [0, 0.1) is 0 Å². The Labute approximate surface area is 227 Å². The molecule has 2 aromatic carbocycles. The van der Waals surface area contributed by atoms with Crippen LogP contribution in [0.1, 0.15) is 71.0 Å². The van der Waals surface area contributed by atoms with E-state index in [4.69, 9.17) is 9.47 Å². The summed E-state index contributed by atoms with van der Waals surface area (Å²) in [6.45, 7) is 13.5. The van der Waals surface area contributed by atoms with E-state index in [9.17, 15) is 14.7 Å². The van der Waals surface area contributed by atoms with Crippen LogP contribution in [-0.2, 0) is 9.59 Å². The summed E-state index contributed by atoms with van der Waals surface area (Å²) in [5, 5.41) is 11.3. The Hall–Kier alpha value is -3.32. The highest BCUT2D eigenvalue weighted by Gasteiger charge is 2.46. The van der Waals surface area contributed by atoms with Crippen molar-refractivity contribution in [1.82, 2.24) is 9.80 Å². The second-order valence-corrected chi connectivity index (χ2v) is 9.83. The number of likely N-dealkylation sites (N-methyl/N-ethyl adjacent to an activating group) is 1. The van der Waals surface area contributed by atoms with Crippen molar-refractivity contribution in [1.29, 1.82) is 0 Å². The molecule has 7 heteroatoms. The average Bonchev–Trinajstić information content (AvgIpc) is 3.17. The van der Waals surface area contributed by atoms with E-state index >= 15 is 0 Å². The van der Waals surface area contributed by atoms with E-state index in [1.807, 2.05) is 38.1 Å². The van der Waals surface area contributed by atoms with Gasteiger partial charge in [-0.05, 0) is 75.3 Å². The number of nitrogens with zero attached hydrogens (tertiary/aromatic N) is 2. The van der Waals surface area contributed by atoms with Crippen molar-refractivity contribution in [3.05, 3.63) is 65.2 Å². The first-order valence-corrected chi connectivity index (χ1v) is 13.8. The number of hydrogen-bond donors (Lipinski definition) is 1. The van der Waals surface area contributed by atoms with Crippen molar-refractivity contribution in [2.24, 2.45) is 0 Å². The molecular formula is C31H42N2O5. The molecule has 1 fully saturated rings. The minimum atomic E-state index is -0.689. The molecule has 0 radical (unpaired) electrons. The van der Waals surface area contributed by atoms with Crippen LogP contribution in [0.25, 0.3) is 5.76 Å². The highest BCUT2D eigenvalue weighted by Crippen LogP contribution is 2.40. The maximum Gasteiger partial charge on any atom is 0.295 e. The molecule has 0 bridgehead atoms. The summed E-state index contributed by atoms with van der Waals surface area (Å²) in [4.78, 5) is 30.3. The Bertz CT molecular complexity index is 1090. The fraction of sp³-hybridized carbons (Fsp3) is 0.484. The molecule has 1 amide bonds. The molecule has 1 aliphatic heterocycles. The van der Waals surface area contributed by atoms with Gasteiger partial charge in [-0.3, -0.25) is 9.59 Å². The van der Waals surface area contributed by atoms with Crippen LogP contribution >= 0.6 is 0 Å². The van der Waals surface area contributed by atoms with Crippen molar-refractivity contribution in [2.75, 3.05) is 32.8 Å². The van der Waals surface area contributed by atoms with Gasteiger partial charge in [0.15, 0.2) is 0 Å². The van der Waals surface area contributed by atoms with E-state index in [-0.39, 0.29) is 17.4 Å². The summed E-state index contributed by atoms with van der Waals surface area (Å²) >= 11 is 0. The van der Waals surface area contributed by atoms with Gasteiger partial charge in [0.25, 0.3) is 11.7 Å². The quantitative estimate of drug-likeness (QED) is 0.146. The monoisotopic (exact) mass is 522 g/mol. The molecule has 2 aromatic rings. The maximum absolute atomic E-state index is 13.3. The van der Waals surface area contributed by atoms with Crippen LogP contribution in [-0.4, -0.2) is 65.5 Å². The number of carbonyl (C=O) groups excluding carboxylic acids is 2. The zero-order valence-corrected chi connectivity index (χ0v) is 23.4. The lowest BCUT2D eigenvalue weighted by Crippen LogP contribution is -2.38. The largest absolute Gasteiger partial charge is 0.507 e. The van der Waals surface area contributed by atoms with Gasteiger partial charge in [-0.15, -0.1) is 0 Å². The van der Waals surface area contributed by atoms with Crippen LogP contribution in [0.2, 0.25) is 0 Å². The van der Waals surface area contributed by atoms with Crippen LogP contribution in [0.15, 0.2) is 54.1 Å². The van der Waals surface area contributed by atoms with Gasteiger partial charge >= 0.3 is 0 Å². The van der Waals surface area contributed by atoms with E-state index < -0.39 is 17.7 Å². The van der Waals surface area contributed by atoms with Gasteiger partial charge in [0.2, 0.25) is 0 Å². The lowest BCUT2D eigenvalue weighted by atomic mass is 9.95. The fourth-order valence-corrected chi connectivity index (χ4v) is 4.65. The van der Waals surface area contributed by atoms with Gasteiger partial charge in [0, 0.05) is 18.7 Å². The summed E-state index contributed by atoms with van der Waals surface area (Å²) in [6.07, 6.45) is 3.25. The zero-order valence-electron chi connectivity index (χ0n) is 23.4. The first-order valence-electron chi connectivity index (χ1n) is 13.8. The molecular weight excluding hydrogens is 480 g/mol. The minimum Gasteiger partial charge on any atom is -0.507 e. The van der Waals surface area contributed by atoms with Crippen molar-refractivity contribution >= 4 is 17.4 Å². The third kappa shape index (κ3) is 7.16. The molecule has 1 saturated heterocycles. The number of hydrogen-bond acceptors (Lipinski definition) is 6. The van der Waals surface area contributed by atoms with Gasteiger partial charge < -0.3 is 24.4 Å². The Morgan fingerprint density at radius 2 is 1.58 bits per heavy atom. The summed E-state index contributed by atoms with van der Waals surface area (Å²) in [6, 6.07) is 13.7. The number of Topliss-reactive ketones (excluding diaryl/α,β-unsaturated/α-hetero) is 1. The number of carbonyl (C=O) groups is 2. The minimum absolute atomic E-state index is 0.0178. The fourth-order valence-electron chi connectivity index (χ4n) is 4.65. The van der Waals surface area contributed by atoms with Gasteiger partial charge in [0.1, 0.15) is 17.3 Å². The van der Waals surface area contributed by atoms with Gasteiger partial charge in [-0.1, -0.05) is 45.7 Å². The van der Waals surface area contributed by atoms with E-state index in [0.717, 1.165) is 43.7 Å².